The molecular weight excluding hydrogens is 264 g/mol. The number of nitrogens with one attached hydrogen (secondary N) is 2. The zero-order valence-electron chi connectivity index (χ0n) is 12.4. The van der Waals surface area contributed by atoms with Crippen molar-refractivity contribution in [2.75, 3.05) is 5.32 Å². The lowest BCUT2D eigenvalue weighted by Gasteiger charge is -2.24. The van der Waals surface area contributed by atoms with Crippen LogP contribution in [-0.2, 0) is 16.1 Å². The molecule has 3 rings (SSSR count). The molecule has 4 heteroatoms. The Morgan fingerprint density at radius 3 is 2.62 bits per heavy atom. The Morgan fingerprint density at radius 1 is 1.24 bits per heavy atom. The van der Waals surface area contributed by atoms with E-state index in [2.05, 4.69) is 17.6 Å². The van der Waals surface area contributed by atoms with E-state index in [9.17, 15) is 9.59 Å². The van der Waals surface area contributed by atoms with Gasteiger partial charge in [-0.05, 0) is 42.9 Å². The first-order chi connectivity index (χ1) is 10.1. The molecule has 2 saturated carbocycles. The maximum Gasteiger partial charge on any atom is 0.227 e. The summed E-state index contributed by atoms with van der Waals surface area (Å²) in [6, 6.07) is 7.71. The van der Waals surface area contributed by atoms with Crippen LogP contribution in [0.1, 0.15) is 38.2 Å². The fraction of sp³-hybridized carbons (Fsp3) is 0.529. The Bertz CT molecular complexity index is 551. The van der Waals surface area contributed by atoms with Gasteiger partial charge in [-0.15, -0.1) is 0 Å². The molecule has 2 amide bonds. The van der Waals surface area contributed by atoms with Crippen molar-refractivity contribution in [3.05, 3.63) is 29.8 Å². The number of hydrogen-bond donors (Lipinski definition) is 2. The average molecular weight is 286 g/mol. The van der Waals surface area contributed by atoms with Crippen LogP contribution in [-0.4, -0.2) is 11.8 Å². The minimum atomic E-state index is 0.120. The number of benzene rings is 1. The van der Waals surface area contributed by atoms with Crippen molar-refractivity contribution >= 4 is 17.5 Å². The number of amides is 2. The first kappa shape index (κ1) is 14.1. The van der Waals surface area contributed by atoms with Gasteiger partial charge in [0.25, 0.3) is 0 Å². The van der Waals surface area contributed by atoms with E-state index in [4.69, 9.17) is 0 Å². The summed E-state index contributed by atoms with van der Waals surface area (Å²) in [7, 11) is 0. The highest BCUT2D eigenvalue weighted by atomic mass is 16.2. The molecule has 2 unspecified atom stereocenters. The monoisotopic (exact) mass is 286 g/mol. The fourth-order valence-corrected chi connectivity index (χ4v) is 2.68. The summed E-state index contributed by atoms with van der Waals surface area (Å²) in [6.07, 6.45) is 4.16. The van der Waals surface area contributed by atoms with Crippen molar-refractivity contribution in [3.63, 3.8) is 0 Å². The molecule has 2 atom stereocenters. The molecule has 4 nitrogen and oxygen atoms in total. The molecule has 2 aliphatic carbocycles. The Hall–Kier alpha value is -1.84. The number of anilines is 1. The molecular formula is C17H22N2O2. The molecule has 21 heavy (non-hydrogen) atoms. The van der Waals surface area contributed by atoms with Gasteiger partial charge in [0.2, 0.25) is 11.8 Å². The second-order valence-corrected chi connectivity index (χ2v) is 6.35. The molecule has 2 N–H and O–H groups in total. The lowest BCUT2D eigenvalue weighted by Crippen LogP contribution is -2.28. The van der Waals surface area contributed by atoms with Gasteiger partial charge in [0.1, 0.15) is 0 Å². The number of carbonyl (C=O) groups is 2. The van der Waals surface area contributed by atoms with Crippen LogP contribution >= 0.6 is 0 Å². The fourth-order valence-electron chi connectivity index (χ4n) is 2.68. The van der Waals surface area contributed by atoms with E-state index in [1.165, 1.54) is 0 Å². The SMILES string of the molecule is CC1CC1C(=O)NCc1cccc(NC(=O)C2CCC2)c1. The van der Waals surface area contributed by atoms with Crippen molar-refractivity contribution in [1.82, 2.24) is 5.32 Å². The lowest BCUT2D eigenvalue weighted by atomic mass is 9.85. The van der Waals surface area contributed by atoms with Crippen LogP contribution in [0, 0.1) is 17.8 Å². The van der Waals surface area contributed by atoms with Gasteiger partial charge < -0.3 is 10.6 Å². The standard InChI is InChI=1S/C17H22N2O2/c1-11-8-15(11)17(21)18-10-12-4-2-7-14(9-12)19-16(20)13-5-3-6-13/h2,4,7,9,11,13,15H,3,5-6,8,10H2,1H3,(H,18,21)(H,19,20). The summed E-state index contributed by atoms with van der Waals surface area (Å²) in [4.78, 5) is 23.7. The topological polar surface area (TPSA) is 58.2 Å². The van der Waals surface area contributed by atoms with E-state index < -0.39 is 0 Å². The Kier molecular flexibility index (Phi) is 3.95. The quantitative estimate of drug-likeness (QED) is 0.874. The van der Waals surface area contributed by atoms with Gasteiger partial charge in [-0.1, -0.05) is 25.5 Å². The summed E-state index contributed by atoms with van der Waals surface area (Å²) in [6.45, 7) is 2.62. The summed E-state index contributed by atoms with van der Waals surface area (Å²) in [5, 5.41) is 5.93. The van der Waals surface area contributed by atoms with E-state index in [1.54, 1.807) is 0 Å². The molecule has 1 aromatic rings. The van der Waals surface area contributed by atoms with Gasteiger partial charge in [0, 0.05) is 24.1 Å². The Balaban J connectivity index is 1.52. The molecule has 2 fully saturated rings. The van der Waals surface area contributed by atoms with Gasteiger partial charge in [-0.25, -0.2) is 0 Å². The zero-order chi connectivity index (χ0) is 14.8. The molecule has 0 spiro atoms. The van der Waals surface area contributed by atoms with Crippen LogP contribution in [0.5, 0.6) is 0 Å². The van der Waals surface area contributed by atoms with Crippen molar-refractivity contribution in [2.24, 2.45) is 17.8 Å². The highest BCUT2D eigenvalue weighted by Crippen LogP contribution is 2.37. The van der Waals surface area contributed by atoms with Crippen molar-refractivity contribution in [1.29, 1.82) is 0 Å². The van der Waals surface area contributed by atoms with E-state index in [0.29, 0.717) is 12.5 Å². The summed E-state index contributed by atoms with van der Waals surface area (Å²) < 4.78 is 0. The van der Waals surface area contributed by atoms with Crippen LogP contribution in [0.25, 0.3) is 0 Å². The third kappa shape index (κ3) is 3.43. The second kappa shape index (κ2) is 5.88. The predicted molar refractivity (Wildman–Crippen MR) is 81.5 cm³/mol. The van der Waals surface area contributed by atoms with Crippen molar-refractivity contribution in [2.45, 2.75) is 39.2 Å². The molecule has 0 radical (unpaired) electrons. The van der Waals surface area contributed by atoms with Crippen LogP contribution in [0.4, 0.5) is 5.69 Å². The highest BCUT2D eigenvalue weighted by molar-refractivity contribution is 5.93. The van der Waals surface area contributed by atoms with Gasteiger partial charge in [-0.2, -0.15) is 0 Å². The minimum absolute atomic E-state index is 0.120. The lowest BCUT2D eigenvalue weighted by molar-refractivity contribution is -0.123. The second-order valence-electron chi connectivity index (χ2n) is 6.35. The first-order valence-electron chi connectivity index (χ1n) is 7.81. The van der Waals surface area contributed by atoms with Gasteiger partial charge in [0.15, 0.2) is 0 Å². The third-order valence-electron chi connectivity index (χ3n) is 4.58. The summed E-state index contributed by atoms with van der Waals surface area (Å²) in [5.74, 6) is 1.18. The van der Waals surface area contributed by atoms with E-state index in [0.717, 1.165) is 36.9 Å². The summed E-state index contributed by atoms with van der Waals surface area (Å²) >= 11 is 0. The molecule has 0 aromatic heterocycles. The molecule has 2 aliphatic rings. The molecule has 0 heterocycles. The number of carbonyl (C=O) groups excluding carboxylic acids is 2. The van der Waals surface area contributed by atoms with E-state index in [1.807, 2.05) is 24.3 Å². The molecule has 1 aromatic carbocycles. The van der Waals surface area contributed by atoms with E-state index >= 15 is 0 Å². The largest absolute Gasteiger partial charge is 0.352 e. The Morgan fingerprint density at radius 2 is 2.00 bits per heavy atom. The van der Waals surface area contributed by atoms with Crippen molar-refractivity contribution < 1.29 is 9.59 Å². The van der Waals surface area contributed by atoms with Crippen LogP contribution in [0.2, 0.25) is 0 Å². The van der Waals surface area contributed by atoms with E-state index in [-0.39, 0.29) is 23.7 Å². The molecule has 0 aliphatic heterocycles. The zero-order valence-corrected chi connectivity index (χ0v) is 12.4. The van der Waals surface area contributed by atoms with Crippen LogP contribution < -0.4 is 10.6 Å². The summed E-state index contributed by atoms with van der Waals surface area (Å²) in [5.41, 5.74) is 1.83. The predicted octanol–water partition coefficient (Wildman–Crippen LogP) is 2.70. The smallest absolute Gasteiger partial charge is 0.227 e. The van der Waals surface area contributed by atoms with Crippen LogP contribution in [0.3, 0.4) is 0 Å². The van der Waals surface area contributed by atoms with Crippen molar-refractivity contribution in [3.8, 4) is 0 Å². The highest BCUT2D eigenvalue weighted by Gasteiger charge is 2.38. The maximum atomic E-state index is 11.9. The average Bonchev–Trinajstić information content (AvgIpc) is 3.11. The van der Waals surface area contributed by atoms with Crippen LogP contribution in [0.15, 0.2) is 24.3 Å². The Labute approximate surface area is 125 Å². The number of hydrogen-bond acceptors (Lipinski definition) is 2. The van der Waals surface area contributed by atoms with Gasteiger partial charge >= 0.3 is 0 Å². The molecule has 112 valence electrons. The van der Waals surface area contributed by atoms with Gasteiger partial charge in [-0.3, -0.25) is 9.59 Å². The third-order valence-corrected chi connectivity index (χ3v) is 4.58. The normalized spacial score (nSPS) is 24.0. The van der Waals surface area contributed by atoms with Gasteiger partial charge in [0.05, 0.1) is 0 Å². The minimum Gasteiger partial charge on any atom is -0.352 e. The maximum absolute atomic E-state index is 11.9. The number of rotatable bonds is 5. The molecule has 0 bridgehead atoms. The molecule has 0 saturated heterocycles. The first-order valence-corrected chi connectivity index (χ1v) is 7.81.